The minimum Gasteiger partial charge on any atom is -0.384 e. The molecule has 0 atom stereocenters. The lowest BCUT2D eigenvalue weighted by atomic mass is 10.2. The number of nitrogens with zero attached hydrogens (tertiary/aromatic N) is 1. The first-order chi connectivity index (χ1) is 8.06. The maximum absolute atomic E-state index is 13.3. The maximum atomic E-state index is 13.3. The fourth-order valence-corrected chi connectivity index (χ4v) is 1.31. The molecule has 0 saturated heterocycles. The molecule has 0 aliphatic heterocycles. The van der Waals surface area contributed by atoms with Gasteiger partial charge in [-0.15, -0.1) is 0 Å². The molecule has 2 rings (SSSR count). The van der Waals surface area contributed by atoms with Crippen molar-refractivity contribution in [1.29, 1.82) is 0 Å². The Morgan fingerprint density at radius 2 is 1.71 bits per heavy atom. The van der Waals surface area contributed by atoms with Crippen molar-refractivity contribution in [2.75, 3.05) is 11.1 Å². The molecular formula is C11H8F3N3. The Labute approximate surface area is 95.1 Å². The topological polar surface area (TPSA) is 50.9 Å². The van der Waals surface area contributed by atoms with E-state index in [2.05, 4.69) is 10.3 Å². The molecule has 0 spiro atoms. The van der Waals surface area contributed by atoms with Gasteiger partial charge in [0.05, 0.1) is 0 Å². The van der Waals surface area contributed by atoms with Gasteiger partial charge in [0.15, 0.2) is 11.6 Å². The van der Waals surface area contributed by atoms with E-state index in [0.29, 0.717) is 12.1 Å². The molecule has 1 aromatic heterocycles. The molecule has 88 valence electrons. The molecule has 0 saturated carbocycles. The number of halogens is 3. The summed E-state index contributed by atoms with van der Waals surface area (Å²) in [6.07, 6.45) is 0. The highest BCUT2D eigenvalue weighted by Gasteiger charge is 2.11. The first-order valence-electron chi connectivity index (χ1n) is 4.70. The minimum absolute atomic E-state index is 0.175. The zero-order valence-corrected chi connectivity index (χ0v) is 8.55. The average molecular weight is 239 g/mol. The van der Waals surface area contributed by atoms with Crippen molar-refractivity contribution < 1.29 is 13.2 Å². The molecule has 6 heteroatoms. The van der Waals surface area contributed by atoms with E-state index < -0.39 is 23.1 Å². The van der Waals surface area contributed by atoms with Gasteiger partial charge in [0, 0.05) is 12.1 Å². The zero-order chi connectivity index (χ0) is 12.4. The zero-order valence-electron chi connectivity index (χ0n) is 8.55. The lowest BCUT2D eigenvalue weighted by molar-refractivity contribution is 0.549. The summed E-state index contributed by atoms with van der Waals surface area (Å²) in [5, 5.41) is 2.40. The second-order valence-corrected chi connectivity index (χ2v) is 3.32. The third-order valence-electron chi connectivity index (χ3n) is 2.03. The number of hydrogen-bond donors (Lipinski definition) is 2. The van der Waals surface area contributed by atoms with Crippen LogP contribution in [0.1, 0.15) is 0 Å². The Morgan fingerprint density at radius 1 is 1.06 bits per heavy atom. The normalized spacial score (nSPS) is 10.3. The van der Waals surface area contributed by atoms with Gasteiger partial charge in [-0.2, -0.15) is 0 Å². The second kappa shape index (κ2) is 4.32. The van der Waals surface area contributed by atoms with Crippen LogP contribution in [0, 0.1) is 17.5 Å². The monoisotopic (exact) mass is 239 g/mol. The van der Waals surface area contributed by atoms with Crippen LogP contribution in [0.2, 0.25) is 0 Å². The fourth-order valence-electron chi connectivity index (χ4n) is 1.31. The number of nitrogen functional groups attached to an aromatic ring is 1. The van der Waals surface area contributed by atoms with Crippen molar-refractivity contribution in [3.8, 4) is 0 Å². The maximum Gasteiger partial charge on any atom is 0.152 e. The Balaban J connectivity index is 2.36. The standard InChI is InChI=1S/C11H8F3N3/c12-6-4-7(13)11(8(14)5-6)17-10-3-1-2-9(15)16-10/h1-5H,(H3,15,16,17). The van der Waals surface area contributed by atoms with Crippen LogP contribution in [-0.2, 0) is 0 Å². The molecule has 0 aliphatic carbocycles. The summed E-state index contributed by atoms with van der Waals surface area (Å²) in [7, 11) is 0. The van der Waals surface area contributed by atoms with Crippen LogP contribution in [-0.4, -0.2) is 4.98 Å². The molecule has 0 amide bonds. The van der Waals surface area contributed by atoms with Gasteiger partial charge in [-0.25, -0.2) is 18.2 Å². The van der Waals surface area contributed by atoms with Gasteiger partial charge in [0.25, 0.3) is 0 Å². The summed E-state index contributed by atoms with van der Waals surface area (Å²) in [6, 6.07) is 5.75. The quantitative estimate of drug-likeness (QED) is 0.847. The predicted octanol–water partition coefficient (Wildman–Crippen LogP) is 2.82. The van der Waals surface area contributed by atoms with Crippen LogP contribution >= 0.6 is 0 Å². The van der Waals surface area contributed by atoms with Crippen LogP contribution in [0.3, 0.4) is 0 Å². The Bertz CT molecular complexity index is 534. The highest BCUT2D eigenvalue weighted by atomic mass is 19.1. The van der Waals surface area contributed by atoms with Crippen LogP contribution < -0.4 is 11.1 Å². The van der Waals surface area contributed by atoms with E-state index in [1.807, 2.05) is 0 Å². The van der Waals surface area contributed by atoms with E-state index in [1.165, 1.54) is 12.1 Å². The molecule has 3 nitrogen and oxygen atoms in total. The lowest BCUT2D eigenvalue weighted by Gasteiger charge is -2.08. The summed E-state index contributed by atoms with van der Waals surface area (Å²) in [5.41, 5.74) is 4.95. The van der Waals surface area contributed by atoms with E-state index in [1.54, 1.807) is 6.07 Å². The molecule has 0 aliphatic rings. The fraction of sp³-hybridized carbons (Fsp3) is 0. The SMILES string of the molecule is Nc1cccc(Nc2c(F)cc(F)cc2F)n1. The van der Waals surface area contributed by atoms with Crippen molar-refractivity contribution in [2.45, 2.75) is 0 Å². The number of aromatic nitrogens is 1. The van der Waals surface area contributed by atoms with Gasteiger partial charge >= 0.3 is 0 Å². The van der Waals surface area contributed by atoms with Crippen LogP contribution in [0.5, 0.6) is 0 Å². The minimum atomic E-state index is -1.04. The lowest BCUT2D eigenvalue weighted by Crippen LogP contribution is -2.01. The van der Waals surface area contributed by atoms with Crippen LogP contribution in [0.4, 0.5) is 30.5 Å². The smallest absolute Gasteiger partial charge is 0.152 e. The highest BCUT2D eigenvalue weighted by Crippen LogP contribution is 2.23. The molecule has 0 bridgehead atoms. The van der Waals surface area contributed by atoms with Crippen LogP contribution in [0.25, 0.3) is 0 Å². The van der Waals surface area contributed by atoms with Crippen molar-refractivity contribution >= 4 is 17.3 Å². The van der Waals surface area contributed by atoms with Crippen molar-refractivity contribution in [3.05, 3.63) is 47.8 Å². The van der Waals surface area contributed by atoms with Crippen molar-refractivity contribution in [1.82, 2.24) is 4.98 Å². The molecule has 1 aromatic carbocycles. The van der Waals surface area contributed by atoms with Gasteiger partial charge < -0.3 is 11.1 Å². The molecular weight excluding hydrogens is 231 g/mol. The molecule has 2 aromatic rings. The Morgan fingerprint density at radius 3 is 2.29 bits per heavy atom. The number of nitrogens with one attached hydrogen (secondary N) is 1. The molecule has 0 fully saturated rings. The summed E-state index contributed by atoms with van der Waals surface area (Å²) in [4.78, 5) is 3.81. The molecule has 0 unspecified atom stereocenters. The van der Waals surface area contributed by atoms with Gasteiger partial charge in [0.2, 0.25) is 0 Å². The van der Waals surface area contributed by atoms with Crippen LogP contribution in [0.15, 0.2) is 30.3 Å². The number of pyridine rings is 1. The number of nitrogens with two attached hydrogens (primary N) is 1. The number of rotatable bonds is 2. The number of anilines is 3. The van der Waals surface area contributed by atoms with E-state index in [-0.39, 0.29) is 11.6 Å². The van der Waals surface area contributed by atoms with Gasteiger partial charge in [0.1, 0.15) is 23.1 Å². The van der Waals surface area contributed by atoms with E-state index >= 15 is 0 Å². The number of hydrogen-bond acceptors (Lipinski definition) is 3. The molecule has 17 heavy (non-hydrogen) atoms. The summed E-state index contributed by atoms with van der Waals surface area (Å²) >= 11 is 0. The van der Waals surface area contributed by atoms with E-state index in [9.17, 15) is 13.2 Å². The first kappa shape index (κ1) is 11.3. The number of benzene rings is 1. The van der Waals surface area contributed by atoms with Gasteiger partial charge in [-0.05, 0) is 12.1 Å². The largest absolute Gasteiger partial charge is 0.384 e. The molecule has 0 radical (unpaired) electrons. The first-order valence-corrected chi connectivity index (χ1v) is 4.70. The van der Waals surface area contributed by atoms with E-state index in [0.717, 1.165) is 0 Å². The highest BCUT2D eigenvalue weighted by molar-refractivity contribution is 5.58. The second-order valence-electron chi connectivity index (χ2n) is 3.32. The summed E-state index contributed by atoms with van der Waals surface area (Å²) in [6.45, 7) is 0. The summed E-state index contributed by atoms with van der Waals surface area (Å²) < 4.78 is 39.3. The third-order valence-corrected chi connectivity index (χ3v) is 2.03. The predicted molar refractivity (Wildman–Crippen MR) is 58.2 cm³/mol. The Kier molecular flexibility index (Phi) is 2.86. The molecule has 3 N–H and O–H groups in total. The summed E-state index contributed by atoms with van der Waals surface area (Å²) in [5.74, 6) is -2.67. The van der Waals surface area contributed by atoms with E-state index in [4.69, 9.17) is 5.73 Å². The van der Waals surface area contributed by atoms with Gasteiger partial charge in [-0.1, -0.05) is 6.07 Å². The van der Waals surface area contributed by atoms with Crippen molar-refractivity contribution in [3.63, 3.8) is 0 Å². The Hall–Kier alpha value is -2.24. The average Bonchev–Trinajstić information content (AvgIpc) is 2.23. The van der Waals surface area contributed by atoms with Crippen molar-refractivity contribution in [2.24, 2.45) is 0 Å². The van der Waals surface area contributed by atoms with Gasteiger partial charge in [-0.3, -0.25) is 0 Å². The third kappa shape index (κ3) is 2.47. The molecule has 1 heterocycles.